The second kappa shape index (κ2) is 7.02. The van der Waals surface area contributed by atoms with Crippen LogP contribution in [0.15, 0.2) is 23.8 Å². The Morgan fingerprint density at radius 2 is 1.81 bits per heavy atom. The van der Waals surface area contributed by atoms with E-state index in [1.807, 2.05) is 12.1 Å². The van der Waals surface area contributed by atoms with E-state index in [1.165, 1.54) is 18.4 Å². The molecule has 2 unspecified atom stereocenters. The Kier molecular flexibility index (Phi) is 5.33. The van der Waals surface area contributed by atoms with Crippen LogP contribution in [0.5, 0.6) is 11.5 Å². The minimum absolute atomic E-state index is 0.128. The van der Waals surface area contributed by atoms with Crippen molar-refractivity contribution in [1.29, 1.82) is 0 Å². The van der Waals surface area contributed by atoms with Crippen LogP contribution in [0.1, 0.15) is 69.9 Å². The molecule has 0 spiro atoms. The highest BCUT2D eigenvalue weighted by molar-refractivity contribution is 5.51. The van der Waals surface area contributed by atoms with Gasteiger partial charge in [0.1, 0.15) is 11.5 Å². The van der Waals surface area contributed by atoms with Crippen molar-refractivity contribution in [2.75, 3.05) is 0 Å². The number of unbranched alkanes of at least 4 members (excludes halogenated alkanes) is 2. The van der Waals surface area contributed by atoms with E-state index in [-0.39, 0.29) is 17.4 Å². The van der Waals surface area contributed by atoms with Gasteiger partial charge in [0.05, 0.1) is 0 Å². The van der Waals surface area contributed by atoms with Crippen molar-refractivity contribution in [3.8, 4) is 11.5 Å². The molecule has 0 amide bonds. The van der Waals surface area contributed by atoms with Gasteiger partial charge in [0.25, 0.3) is 0 Å². The van der Waals surface area contributed by atoms with Crippen molar-refractivity contribution in [2.24, 2.45) is 5.92 Å². The predicted octanol–water partition coefficient (Wildman–Crippen LogP) is 5.29. The molecule has 21 heavy (non-hydrogen) atoms. The molecule has 0 aromatic heterocycles. The second-order valence-electron chi connectivity index (χ2n) is 6.56. The molecule has 0 saturated heterocycles. The highest BCUT2D eigenvalue weighted by Gasteiger charge is 2.26. The Bertz CT molecular complexity index is 493. The third-order valence-corrected chi connectivity index (χ3v) is 4.67. The summed E-state index contributed by atoms with van der Waals surface area (Å²) in [5.41, 5.74) is 3.09. The Labute approximate surface area is 128 Å². The van der Waals surface area contributed by atoms with Gasteiger partial charge >= 0.3 is 0 Å². The first-order chi connectivity index (χ1) is 10.0. The van der Waals surface area contributed by atoms with E-state index in [9.17, 15) is 10.2 Å². The van der Waals surface area contributed by atoms with E-state index < -0.39 is 0 Å². The van der Waals surface area contributed by atoms with E-state index in [2.05, 4.69) is 26.8 Å². The first-order valence-corrected chi connectivity index (χ1v) is 8.25. The minimum Gasteiger partial charge on any atom is -0.507 e. The maximum Gasteiger partial charge on any atom is 0.123 e. The maximum absolute atomic E-state index is 10.4. The van der Waals surface area contributed by atoms with Crippen LogP contribution in [0.3, 0.4) is 0 Å². The summed E-state index contributed by atoms with van der Waals surface area (Å²) in [7, 11) is 0. The number of phenolic OH excluding ortho intramolecular Hbond substituents is 2. The molecular formula is C19H28O2. The fourth-order valence-corrected chi connectivity index (χ4v) is 3.30. The van der Waals surface area contributed by atoms with Gasteiger partial charge in [-0.3, -0.25) is 0 Å². The molecule has 0 radical (unpaired) electrons. The van der Waals surface area contributed by atoms with Gasteiger partial charge in [-0.25, -0.2) is 0 Å². The normalized spacial score (nSPS) is 22.1. The zero-order chi connectivity index (χ0) is 15.4. The molecule has 2 heteroatoms. The van der Waals surface area contributed by atoms with E-state index in [0.29, 0.717) is 11.5 Å². The summed E-state index contributed by atoms with van der Waals surface area (Å²) in [6.07, 6.45) is 8.83. The van der Waals surface area contributed by atoms with E-state index in [1.54, 1.807) is 0 Å². The lowest BCUT2D eigenvalue weighted by molar-refractivity contribution is 0.397. The predicted molar refractivity (Wildman–Crippen MR) is 87.9 cm³/mol. The van der Waals surface area contributed by atoms with Crippen LogP contribution < -0.4 is 0 Å². The standard InChI is InChI=1S/C19H28O2/c1-4-5-6-7-15-11-17(20)19(18(21)12-15)16-10-13(2)8-9-14(16)3/h10-12,14,16,20-21H,4-9H2,1-3H3. The number of aromatic hydroxyl groups is 2. The van der Waals surface area contributed by atoms with Gasteiger partial charge in [-0.2, -0.15) is 0 Å². The number of rotatable bonds is 5. The minimum atomic E-state index is 0.128. The van der Waals surface area contributed by atoms with E-state index in [4.69, 9.17) is 0 Å². The van der Waals surface area contributed by atoms with Crippen LogP contribution in [0.4, 0.5) is 0 Å². The van der Waals surface area contributed by atoms with Gasteiger partial charge in [-0.15, -0.1) is 0 Å². The lowest BCUT2D eigenvalue weighted by Crippen LogP contribution is -2.13. The van der Waals surface area contributed by atoms with Crippen molar-refractivity contribution in [1.82, 2.24) is 0 Å². The van der Waals surface area contributed by atoms with Crippen molar-refractivity contribution >= 4 is 0 Å². The molecule has 1 aromatic carbocycles. The Morgan fingerprint density at radius 1 is 1.14 bits per heavy atom. The highest BCUT2D eigenvalue weighted by atomic mass is 16.3. The first-order valence-electron chi connectivity index (χ1n) is 8.25. The molecule has 2 N–H and O–H groups in total. The molecule has 2 nitrogen and oxygen atoms in total. The van der Waals surface area contributed by atoms with Gasteiger partial charge in [0.2, 0.25) is 0 Å². The van der Waals surface area contributed by atoms with E-state index in [0.717, 1.165) is 31.2 Å². The summed E-state index contributed by atoms with van der Waals surface area (Å²) in [5, 5.41) is 20.8. The molecule has 0 bridgehead atoms. The SMILES string of the molecule is CCCCCc1cc(O)c(C2C=C(C)CCC2C)c(O)c1. The molecule has 1 aliphatic carbocycles. The van der Waals surface area contributed by atoms with Crippen LogP contribution in [0.25, 0.3) is 0 Å². The summed E-state index contributed by atoms with van der Waals surface area (Å²) in [6.45, 7) is 6.50. The molecule has 1 aliphatic rings. The number of aryl methyl sites for hydroxylation is 1. The summed E-state index contributed by atoms with van der Waals surface area (Å²) in [4.78, 5) is 0. The van der Waals surface area contributed by atoms with Crippen molar-refractivity contribution in [3.63, 3.8) is 0 Å². The van der Waals surface area contributed by atoms with Crippen LogP contribution in [-0.2, 0) is 6.42 Å². The van der Waals surface area contributed by atoms with Crippen LogP contribution in [0.2, 0.25) is 0 Å². The molecule has 0 fully saturated rings. The van der Waals surface area contributed by atoms with E-state index >= 15 is 0 Å². The van der Waals surface area contributed by atoms with Crippen LogP contribution in [0, 0.1) is 5.92 Å². The average molecular weight is 288 g/mol. The molecule has 0 heterocycles. The molecule has 116 valence electrons. The second-order valence-corrected chi connectivity index (χ2v) is 6.56. The quantitative estimate of drug-likeness (QED) is 0.571. The maximum atomic E-state index is 10.4. The van der Waals surface area contributed by atoms with Gasteiger partial charge in [-0.05, 0) is 56.2 Å². The molecule has 1 aromatic rings. The molecule has 0 saturated carbocycles. The van der Waals surface area contributed by atoms with Gasteiger partial charge in [0, 0.05) is 11.5 Å². The van der Waals surface area contributed by atoms with Gasteiger partial charge < -0.3 is 10.2 Å². The Hall–Kier alpha value is -1.44. The fraction of sp³-hybridized carbons (Fsp3) is 0.579. The highest BCUT2D eigenvalue weighted by Crippen LogP contribution is 2.44. The third kappa shape index (κ3) is 3.81. The number of allylic oxidation sites excluding steroid dienone is 2. The zero-order valence-electron chi connectivity index (χ0n) is 13.5. The third-order valence-electron chi connectivity index (χ3n) is 4.67. The van der Waals surface area contributed by atoms with Crippen molar-refractivity contribution in [2.45, 2.75) is 65.2 Å². The molecule has 2 rings (SSSR count). The van der Waals surface area contributed by atoms with Gasteiger partial charge in [-0.1, -0.05) is 38.3 Å². The van der Waals surface area contributed by atoms with Crippen molar-refractivity contribution in [3.05, 3.63) is 34.9 Å². The lowest BCUT2D eigenvalue weighted by atomic mass is 9.77. The smallest absolute Gasteiger partial charge is 0.123 e. The summed E-state index contributed by atoms with van der Waals surface area (Å²) < 4.78 is 0. The van der Waals surface area contributed by atoms with Crippen LogP contribution >= 0.6 is 0 Å². The van der Waals surface area contributed by atoms with Gasteiger partial charge in [0.15, 0.2) is 0 Å². The number of benzene rings is 1. The summed E-state index contributed by atoms with van der Waals surface area (Å²) in [6, 6.07) is 3.68. The number of hydrogen-bond donors (Lipinski definition) is 2. The van der Waals surface area contributed by atoms with Crippen molar-refractivity contribution < 1.29 is 10.2 Å². The molecule has 2 atom stereocenters. The number of phenols is 2. The summed E-state index contributed by atoms with van der Waals surface area (Å²) >= 11 is 0. The number of hydrogen-bond acceptors (Lipinski definition) is 2. The Morgan fingerprint density at radius 3 is 2.43 bits per heavy atom. The van der Waals surface area contributed by atoms with Crippen LogP contribution in [-0.4, -0.2) is 10.2 Å². The first kappa shape index (κ1) is 15.9. The largest absolute Gasteiger partial charge is 0.507 e. The topological polar surface area (TPSA) is 40.5 Å². The Balaban J connectivity index is 2.26. The monoisotopic (exact) mass is 288 g/mol. The summed E-state index contributed by atoms with van der Waals surface area (Å²) in [5.74, 6) is 1.09. The molecular weight excluding hydrogens is 260 g/mol. The lowest BCUT2D eigenvalue weighted by Gasteiger charge is -2.28. The zero-order valence-corrected chi connectivity index (χ0v) is 13.5. The molecule has 0 aliphatic heterocycles. The fourth-order valence-electron chi connectivity index (χ4n) is 3.30. The average Bonchev–Trinajstić information content (AvgIpc) is 2.42.